The second-order valence-electron chi connectivity index (χ2n) is 15.8. The summed E-state index contributed by atoms with van der Waals surface area (Å²) in [6.07, 6.45) is 6.67. The van der Waals surface area contributed by atoms with E-state index in [-0.39, 0.29) is 22.6 Å². The summed E-state index contributed by atoms with van der Waals surface area (Å²) in [6, 6.07) is 22.6. The lowest BCUT2D eigenvalue weighted by molar-refractivity contribution is 0.171. The number of rotatable bonds is 12. The normalized spacial score (nSPS) is 15.0. The van der Waals surface area contributed by atoms with Gasteiger partial charge in [-0.3, -0.25) is 9.59 Å². The number of fused-ring (bicyclic) bond motifs is 4. The van der Waals surface area contributed by atoms with Gasteiger partial charge in [0.25, 0.3) is 0 Å². The molecular weight excluding hydrogens is 729 g/mol. The van der Waals surface area contributed by atoms with Gasteiger partial charge in [0.15, 0.2) is 0 Å². The van der Waals surface area contributed by atoms with Gasteiger partial charge in [-0.05, 0) is 131 Å². The maximum Gasteiger partial charge on any atom is 0.248 e. The second kappa shape index (κ2) is 17.7. The van der Waals surface area contributed by atoms with Crippen LogP contribution in [0.3, 0.4) is 0 Å². The lowest BCUT2D eigenvalue weighted by atomic mass is 9.97. The molecule has 0 saturated carbocycles. The van der Waals surface area contributed by atoms with Crippen LogP contribution in [0.25, 0.3) is 21.8 Å². The summed E-state index contributed by atoms with van der Waals surface area (Å²) >= 11 is 0. The first kappa shape index (κ1) is 40.9. The van der Waals surface area contributed by atoms with Gasteiger partial charge in [-0.1, -0.05) is 64.1 Å². The second-order valence-corrected chi connectivity index (χ2v) is 15.8. The predicted octanol–water partition coefficient (Wildman–Crippen LogP) is 6.30. The van der Waals surface area contributed by atoms with Gasteiger partial charge in [0.05, 0.1) is 23.2 Å². The van der Waals surface area contributed by atoms with Crippen molar-refractivity contribution in [3.63, 3.8) is 0 Å². The summed E-state index contributed by atoms with van der Waals surface area (Å²) in [6.45, 7) is 9.65. The molecule has 2 aromatic heterocycles. The van der Waals surface area contributed by atoms with Crippen molar-refractivity contribution in [3.05, 3.63) is 149 Å². The van der Waals surface area contributed by atoms with Crippen LogP contribution in [0.1, 0.15) is 95.5 Å². The molecule has 0 saturated heterocycles. The summed E-state index contributed by atoms with van der Waals surface area (Å²) in [7, 11) is 0. The van der Waals surface area contributed by atoms with Crippen molar-refractivity contribution in [2.45, 2.75) is 103 Å². The van der Waals surface area contributed by atoms with E-state index in [1.807, 2.05) is 0 Å². The first-order valence-electron chi connectivity index (χ1n) is 20.8. The van der Waals surface area contributed by atoms with Gasteiger partial charge >= 0.3 is 0 Å². The molecular formula is C48H56N4O6. The first-order chi connectivity index (χ1) is 28.0. The number of phenolic OH excluding ortho intramolecular Hbond substituents is 2. The number of hydrogen-bond donors (Lipinski definition) is 8. The van der Waals surface area contributed by atoms with E-state index >= 15 is 0 Å². The fraction of sp³-hybridized carbons (Fsp3) is 0.375. The lowest BCUT2D eigenvalue weighted by Gasteiger charge is -2.18. The maximum absolute atomic E-state index is 11.6. The Labute approximate surface area is 339 Å². The molecule has 8 rings (SSSR count). The Morgan fingerprint density at radius 3 is 1.17 bits per heavy atom. The van der Waals surface area contributed by atoms with Crippen molar-refractivity contribution in [1.82, 2.24) is 20.6 Å². The van der Waals surface area contributed by atoms with Crippen molar-refractivity contribution in [3.8, 4) is 11.5 Å². The van der Waals surface area contributed by atoms with E-state index in [2.05, 4.69) is 72.6 Å². The number of aromatic amines is 2. The number of aromatic hydroxyl groups is 2. The van der Waals surface area contributed by atoms with Gasteiger partial charge in [-0.2, -0.15) is 0 Å². The van der Waals surface area contributed by atoms with Crippen molar-refractivity contribution < 1.29 is 20.4 Å². The zero-order valence-corrected chi connectivity index (χ0v) is 33.9. The lowest BCUT2D eigenvalue weighted by Crippen LogP contribution is -2.33. The Hall–Kier alpha value is -5.26. The molecule has 4 aromatic carbocycles. The number of aliphatic hydroxyl groups excluding tert-OH is 2. The number of H-pyrrole nitrogens is 2. The molecule has 0 unspecified atom stereocenters. The van der Waals surface area contributed by atoms with Crippen LogP contribution in [0.2, 0.25) is 0 Å². The number of benzene rings is 4. The standard InChI is InChI=1S/2C24H28N2O3/c2*1-3-14-9-16-11-18(12-17(16)10-15(14)4-2)25-13-22(28)19-5-7-21(27)24-20(19)6-8-23(29)26-24/h2*5-10,18,22,25,27-28H,3-4,11-13H2,1-2H3,(H,26,29)/t2*22-/m00/s1. The van der Waals surface area contributed by atoms with Gasteiger partial charge in [-0.25, -0.2) is 0 Å². The number of aryl methyl sites for hydroxylation is 4. The Bertz CT molecular complexity index is 2320. The number of aliphatic hydroxyl groups is 2. The van der Waals surface area contributed by atoms with E-state index in [4.69, 9.17) is 0 Å². The van der Waals surface area contributed by atoms with E-state index in [0.717, 1.165) is 51.4 Å². The highest BCUT2D eigenvalue weighted by atomic mass is 16.3. The average Bonchev–Trinajstić information content (AvgIpc) is 3.84. The van der Waals surface area contributed by atoms with E-state index in [1.165, 1.54) is 68.8 Å². The van der Waals surface area contributed by atoms with Crippen molar-refractivity contribution in [2.24, 2.45) is 0 Å². The van der Waals surface area contributed by atoms with Crippen LogP contribution in [0.5, 0.6) is 11.5 Å². The van der Waals surface area contributed by atoms with Crippen LogP contribution in [-0.4, -0.2) is 55.6 Å². The number of aromatic nitrogens is 2. The Morgan fingerprint density at radius 1 is 0.534 bits per heavy atom. The molecule has 0 spiro atoms. The van der Waals surface area contributed by atoms with Crippen LogP contribution in [0.4, 0.5) is 0 Å². The van der Waals surface area contributed by atoms with Crippen LogP contribution >= 0.6 is 0 Å². The third kappa shape index (κ3) is 8.61. The zero-order valence-electron chi connectivity index (χ0n) is 33.9. The maximum atomic E-state index is 11.6. The zero-order chi connectivity index (χ0) is 41.1. The molecule has 0 fully saturated rings. The molecule has 6 aromatic rings. The number of pyridine rings is 2. The monoisotopic (exact) mass is 784 g/mol. The Morgan fingerprint density at radius 2 is 0.862 bits per heavy atom. The number of nitrogens with one attached hydrogen (secondary N) is 4. The molecule has 0 radical (unpaired) electrons. The molecule has 58 heavy (non-hydrogen) atoms. The molecule has 10 nitrogen and oxygen atoms in total. The third-order valence-electron chi connectivity index (χ3n) is 12.2. The summed E-state index contributed by atoms with van der Waals surface area (Å²) in [5.41, 5.74) is 13.0. The van der Waals surface area contributed by atoms with Gasteiger partial charge in [-0.15, -0.1) is 0 Å². The molecule has 0 aliphatic heterocycles. The summed E-state index contributed by atoms with van der Waals surface area (Å²) < 4.78 is 0. The average molecular weight is 785 g/mol. The quantitative estimate of drug-likeness (QED) is 0.0715. The number of hydrogen-bond acceptors (Lipinski definition) is 8. The van der Waals surface area contributed by atoms with Crippen LogP contribution < -0.4 is 21.8 Å². The molecule has 0 amide bonds. The van der Waals surface area contributed by atoms with Crippen LogP contribution in [-0.2, 0) is 51.4 Å². The van der Waals surface area contributed by atoms with Gasteiger partial charge in [0.1, 0.15) is 11.5 Å². The molecule has 0 bridgehead atoms. The molecule has 2 atom stereocenters. The molecule has 2 aliphatic rings. The van der Waals surface area contributed by atoms with Crippen molar-refractivity contribution >= 4 is 21.8 Å². The highest BCUT2D eigenvalue weighted by Gasteiger charge is 2.25. The largest absolute Gasteiger partial charge is 0.506 e. The summed E-state index contributed by atoms with van der Waals surface area (Å²) in [5.74, 6) is 0.0117. The Balaban J connectivity index is 0.000000177. The summed E-state index contributed by atoms with van der Waals surface area (Å²) in [4.78, 5) is 28.4. The first-order valence-corrected chi connectivity index (χ1v) is 20.8. The fourth-order valence-corrected chi connectivity index (χ4v) is 9.03. The van der Waals surface area contributed by atoms with Crippen molar-refractivity contribution in [2.75, 3.05) is 13.1 Å². The number of phenols is 2. The predicted molar refractivity (Wildman–Crippen MR) is 231 cm³/mol. The van der Waals surface area contributed by atoms with Crippen LogP contribution in [0, 0.1) is 0 Å². The fourth-order valence-electron chi connectivity index (χ4n) is 9.03. The minimum atomic E-state index is -0.731. The van der Waals surface area contributed by atoms with E-state index in [9.17, 15) is 30.0 Å². The van der Waals surface area contributed by atoms with Gasteiger partial charge in [0.2, 0.25) is 11.1 Å². The minimum absolute atomic E-state index is 0.00584. The Kier molecular flexibility index (Phi) is 12.5. The van der Waals surface area contributed by atoms with E-state index in [1.54, 1.807) is 24.3 Å². The topological polar surface area (TPSA) is 171 Å². The minimum Gasteiger partial charge on any atom is -0.506 e. The van der Waals surface area contributed by atoms with Crippen LogP contribution in [0.15, 0.2) is 82.4 Å². The van der Waals surface area contributed by atoms with E-state index in [0.29, 0.717) is 58.1 Å². The SMILES string of the molecule is CCc1cc2c(cc1CC)CC(NC[C@H](O)c1ccc(O)c3[nH]c(=O)ccc13)C2.CCc1cc2c(cc1CC)CC(NC[C@H](O)c1ccc(O)c3[nH]c(=O)ccc13)C2. The van der Waals surface area contributed by atoms with Crippen molar-refractivity contribution in [1.29, 1.82) is 0 Å². The molecule has 2 aliphatic carbocycles. The van der Waals surface area contributed by atoms with Gasteiger partial charge in [0, 0.05) is 48.1 Å². The highest BCUT2D eigenvalue weighted by Crippen LogP contribution is 2.32. The summed E-state index contributed by atoms with van der Waals surface area (Å²) in [5, 5.41) is 50.0. The molecule has 2 heterocycles. The molecule has 8 N–H and O–H groups in total. The third-order valence-corrected chi connectivity index (χ3v) is 12.2. The molecule has 304 valence electrons. The highest BCUT2D eigenvalue weighted by molar-refractivity contribution is 5.88. The van der Waals surface area contributed by atoms with Gasteiger partial charge < -0.3 is 41.0 Å². The molecule has 10 heteroatoms. The smallest absolute Gasteiger partial charge is 0.248 e. The van der Waals surface area contributed by atoms with E-state index < -0.39 is 12.2 Å².